The first kappa shape index (κ1) is 25.0. The van der Waals surface area contributed by atoms with Crippen molar-refractivity contribution >= 4 is 23.2 Å². The van der Waals surface area contributed by atoms with Crippen molar-refractivity contribution in [1.29, 1.82) is 0 Å². The van der Waals surface area contributed by atoms with Crippen LogP contribution < -0.4 is 15.5 Å². The third-order valence-corrected chi connectivity index (χ3v) is 5.63. The van der Waals surface area contributed by atoms with Crippen molar-refractivity contribution in [3.8, 4) is 0 Å². The average molecular weight is 462 g/mol. The Kier molecular flexibility index (Phi) is 8.79. The molecule has 2 amide bonds. The normalized spacial score (nSPS) is 10.6. The van der Waals surface area contributed by atoms with Gasteiger partial charge < -0.3 is 15.5 Å². The number of amides is 2. The SMILES string of the molecule is CCCCCc1ccc(C(=O)Nc2ccc(N(C)C)c(C(=O)NCc3ccc(F)cc3)c2)cc1. The molecule has 0 fully saturated rings. The van der Waals surface area contributed by atoms with Gasteiger partial charge in [0.25, 0.3) is 11.8 Å². The molecule has 0 spiro atoms. The van der Waals surface area contributed by atoms with E-state index >= 15 is 0 Å². The van der Waals surface area contributed by atoms with Crippen molar-refractivity contribution in [1.82, 2.24) is 5.32 Å². The van der Waals surface area contributed by atoms with Gasteiger partial charge in [0.2, 0.25) is 0 Å². The third-order valence-electron chi connectivity index (χ3n) is 5.63. The van der Waals surface area contributed by atoms with Gasteiger partial charge in [0.05, 0.1) is 5.56 Å². The van der Waals surface area contributed by atoms with Crippen LogP contribution in [-0.2, 0) is 13.0 Å². The lowest BCUT2D eigenvalue weighted by molar-refractivity contribution is 0.0950. The van der Waals surface area contributed by atoms with Crippen LogP contribution in [0.15, 0.2) is 66.7 Å². The molecule has 0 heterocycles. The van der Waals surface area contributed by atoms with Crippen LogP contribution in [0.5, 0.6) is 0 Å². The van der Waals surface area contributed by atoms with Gasteiger partial charge in [-0.3, -0.25) is 9.59 Å². The van der Waals surface area contributed by atoms with Crippen molar-refractivity contribution in [2.45, 2.75) is 39.2 Å². The number of halogens is 1. The molecule has 0 saturated carbocycles. The van der Waals surface area contributed by atoms with E-state index in [1.54, 1.807) is 30.3 Å². The lowest BCUT2D eigenvalue weighted by Crippen LogP contribution is -2.25. The molecule has 0 radical (unpaired) electrons. The lowest BCUT2D eigenvalue weighted by Gasteiger charge is -2.18. The summed E-state index contributed by atoms with van der Waals surface area (Å²) in [6, 6.07) is 18.9. The number of aryl methyl sites for hydroxylation is 1. The summed E-state index contributed by atoms with van der Waals surface area (Å²) in [4.78, 5) is 27.6. The van der Waals surface area contributed by atoms with E-state index in [0.29, 0.717) is 16.8 Å². The van der Waals surface area contributed by atoms with Crippen LogP contribution in [0.2, 0.25) is 0 Å². The Morgan fingerprint density at radius 3 is 2.18 bits per heavy atom. The van der Waals surface area contributed by atoms with Gasteiger partial charge >= 0.3 is 0 Å². The first-order chi connectivity index (χ1) is 16.4. The minimum absolute atomic E-state index is 0.226. The standard InChI is InChI=1S/C28H32FN3O2/c1-4-5-6-7-20-8-12-22(13-9-20)27(33)31-24-16-17-26(32(2)3)25(18-24)28(34)30-19-21-10-14-23(29)15-11-21/h8-18H,4-7,19H2,1-3H3,(H,30,34)(H,31,33). The predicted molar refractivity (Wildman–Crippen MR) is 136 cm³/mol. The zero-order valence-electron chi connectivity index (χ0n) is 20.0. The van der Waals surface area contributed by atoms with Crippen LogP contribution in [0.1, 0.15) is 58.0 Å². The van der Waals surface area contributed by atoms with Crippen molar-refractivity contribution in [3.63, 3.8) is 0 Å². The Morgan fingerprint density at radius 2 is 1.53 bits per heavy atom. The van der Waals surface area contributed by atoms with Crippen LogP contribution in [0.4, 0.5) is 15.8 Å². The second kappa shape index (κ2) is 12.0. The molecule has 0 aliphatic carbocycles. The fraction of sp³-hybridized carbons (Fsp3) is 0.286. The summed E-state index contributed by atoms with van der Waals surface area (Å²) in [5.74, 6) is -0.824. The number of nitrogens with zero attached hydrogens (tertiary/aromatic N) is 1. The number of hydrogen-bond acceptors (Lipinski definition) is 3. The number of anilines is 2. The highest BCUT2D eigenvalue weighted by molar-refractivity contribution is 6.06. The summed E-state index contributed by atoms with van der Waals surface area (Å²) in [5.41, 5.74) is 4.29. The minimum atomic E-state index is -0.320. The highest BCUT2D eigenvalue weighted by Crippen LogP contribution is 2.24. The summed E-state index contributed by atoms with van der Waals surface area (Å²) in [5, 5.41) is 5.76. The Labute approximate surface area is 201 Å². The maximum absolute atomic E-state index is 13.1. The molecule has 0 aromatic heterocycles. The van der Waals surface area contributed by atoms with Gasteiger partial charge in [-0.05, 0) is 66.4 Å². The van der Waals surface area contributed by atoms with Gasteiger partial charge in [0.1, 0.15) is 5.82 Å². The molecule has 0 unspecified atom stereocenters. The maximum atomic E-state index is 13.1. The second-order valence-corrected chi connectivity index (χ2v) is 8.54. The van der Waals surface area contributed by atoms with Gasteiger partial charge in [-0.2, -0.15) is 0 Å². The summed E-state index contributed by atoms with van der Waals surface area (Å²) < 4.78 is 13.1. The zero-order chi connectivity index (χ0) is 24.5. The monoisotopic (exact) mass is 461 g/mol. The predicted octanol–water partition coefficient (Wildman–Crippen LogP) is 5.81. The molecule has 178 valence electrons. The fourth-order valence-electron chi connectivity index (χ4n) is 3.67. The number of carbonyl (C=O) groups excluding carboxylic acids is 2. The summed E-state index contributed by atoms with van der Waals surface area (Å²) >= 11 is 0. The van der Waals surface area contributed by atoms with Gasteiger partial charge in [0.15, 0.2) is 0 Å². The molecule has 2 N–H and O–H groups in total. The minimum Gasteiger partial charge on any atom is -0.377 e. The molecule has 3 rings (SSSR count). The average Bonchev–Trinajstić information content (AvgIpc) is 2.84. The largest absolute Gasteiger partial charge is 0.377 e. The first-order valence-corrected chi connectivity index (χ1v) is 11.6. The van der Waals surface area contributed by atoms with Gasteiger partial charge in [0, 0.05) is 37.6 Å². The van der Waals surface area contributed by atoms with E-state index < -0.39 is 0 Å². The topological polar surface area (TPSA) is 61.4 Å². The molecular weight excluding hydrogens is 429 g/mol. The third kappa shape index (κ3) is 6.91. The molecule has 3 aromatic carbocycles. The van der Waals surface area contributed by atoms with Crippen LogP contribution in [0, 0.1) is 5.82 Å². The highest BCUT2D eigenvalue weighted by atomic mass is 19.1. The van der Waals surface area contributed by atoms with Crippen LogP contribution >= 0.6 is 0 Å². The highest BCUT2D eigenvalue weighted by Gasteiger charge is 2.15. The van der Waals surface area contributed by atoms with Gasteiger partial charge in [-0.1, -0.05) is 44.0 Å². The first-order valence-electron chi connectivity index (χ1n) is 11.6. The Balaban J connectivity index is 1.70. The molecule has 5 nitrogen and oxygen atoms in total. The summed E-state index contributed by atoms with van der Waals surface area (Å²) in [7, 11) is 3.71. The maximum Gasteiger partial charge on any atom is 0.255 e. The van der Waals surface area contributed by atoms with Gasteiger partial charge in [-0.25, -0.2) is 4.39 Å². The van der Waals surface area contributed by atoms with Crippen molar-refractivity contribution in [2.75, 3.05) is 24.3 Å². The van der Waals surface area contributed by atoms with E-state index in [0.717, 1.165) is 24.1 Å². The van der Waals surface area contributed by atoms with Crippen LogP contribution in [-0.4, -0.2) is 25.9 Å². The Morgan fingerprint density at radius 1 is 0.853 bits per heavy atom. The molecule has 0 atom stereocenters. The zero-order valence-corrected chi connectivity index (χ0v) is 20.0. The molecule has 0 aliphatic rings. The Hall–Kier alpha value is -3.67. The second-order valence-electron chi connectivity index (χ2n) is 8.54. The van der Waals surface area contributed by atoms with E-state index in [-0.39, 0.29) is 24.2 Å². The Bertz CT molecular complexity index is 1110. The van der Waals surface area contributed by atoms with E-state index in [4.69, 9.17) is 0 Å². The molecule has 0 bridgehead atoms. The molecule has 6 heteroatoms. The number of unbranched alkanes of at least 4 members (excludes halogenated alkanes) is 2. The van der Waals surface area contributed by atoms with E-state index in [1.807, 2.05) is 43.3 Å². The lowest BCUT2D eigenvalue weighted by atomic mass is 10.0. The summed E-state index contributed by atoms with van der Waals surface area (Å²) in [6.07, 6.45) is 4.54. The number of rotatable bonds is 10. The smallest absolute Gasteiger partial charge is 0.255 e. The quantitative estimate of drug-likeness (QED) is 0.375. The van der Waals surface area contributed by atoms with Crippen molar-refractivity contribution in [2.24, 2.45) is 0 Å². The van der Waals surface area contributed by atoms with Crippen LogP contribution in [0.25, 0.3) is 0 Å². The number of benzene rings is 3. The number of nitrogens with one attached hydrogen (secondary N) is 2. The van der Waals surface area contributed by atoms with E-state index in [9.17, 15) is 14.0 Å². The van der Waals surface area contributed by atoms with Crippen molar-refractivity contribution in [3.05, 3.63) is 94.8 Å². The number of carbonyl (C=O) groups is 2. The van der Waals surface area contributed by atoms with Gasteiger partial charge in [-0.15, -0.1) is 0 Å². The van der Waals surface area contributed by atoms with Crippen molar-refractivity contribution < 1.29 is 14.0 Å². The van der Waals surface area contributed by atoms with Crippen LogP contribution in [0.3, 0.4) is 0 Å². The van der Waals surface area contributed by atoms with E-state index in [1.165, 1.54) is 30.5 Å². The molecule has 0 aliphatic heterocycles. The summed E-state index contributed by atoms with van der Waals surface area (Å²) in [6.45, 7) is 2.45. The van der Waals surface area contributed by atoms with E-state index in [2.05, 4.69) is 17.6 Å². The molecular formula is C28H32FN3O2. The molecule has 34 heavy (non-hydrogen) atoms. The molecule has 0 saturated heterocycles. The number of hydrogen-bond donors (Lipinski definition) is 2. The molecule has 3 aromatic rings. The fourth-order valence-corrected chi connectivity index (χ4v) is 3.67.